The van der Waals surface area contributed by atoms with Crippen molar-refractivity contribution in [3.05, 3.63) is 35.4 Å². The van der Waals surface area contributed by atoms with E-state index in [1.165, 1.54) is 5.56 Å². The fourth-order valence-corrected chi connectivity index (χ4v) is 1.44. The fourth-order valence-electron chi connectivity index (χ4n) is 1.44. The lowest BCUT2D eigenvalue weighted by Crippen LogP contribution is -2.19. The van der Waals surface area contributed by atoms with Crippen molar-refractivity contribution in [1.29, 1.82) is 0 Å². The summed E-state index contributed by atoms with van der Waals surface area (Å²) in [6.07, 6.45) is 1.29. The van der Waals surface area contributed by atoms with E-state index in [2.05, 4.69) is 31.2 Å². The van der Waals surface area contributed by atoms with Gasteiger partial charge in [-0.15, -0.1) is 0 Å². The van der Waals surface area contributed by atoms with Gasteiger partial charge in [0.05, 0.1) is 18.8 Å². The van der Waals surface area contributed by atoms with Crippen LogP contribution in [0.15, 0.2) is 24.3 Å². The molecule has 0 saturated heterocycles. The molecule has 15 heavy (non-hydrogen) atoms. The standard InChI is InChI=1S/C13H21NO/c1-4-11-6-5-7-12(8-11)13(14)9-15-10(2)3/h5-8,10,13H,4,9,14H2,1-3H3. The first kappa shape index (κ1) is 12.2. The third-order valence-corrected chi connectivity index (χ3v) is 2.40. The topological polar surface area (TPSA) is 35.2 Å². The molecular weight excluding hydrogens is 186 g/mol. The van der Waals surface area contributed by atoms with Crippen molar-refractivity contribution in [2.75, 3.05) is 6.61 Å². The van der Waals surface area contributed by atoms with Crippen LogP contribution < -0.4 is 5.73 Å². The molecular formula is C13H21NO. The Hall–Kier alpha value is -0.860. The van der Waals surface area contributed by atoms with Crippen LogP contribution in [0.1, 0.15) is 37.9 Å². The molecule has 0 fully saturated rings. The number of rotatable bonds is 5. The molecule has 84 valence electrons. The predicted molar refractivity (Wildman–Crippen MR) is 63.8 cm³/mol. The quantitative estimate of drug-likeness (QED) is 0.805. The van der Waals surface area contributed by atoms with Crippen molar-refractivity contribution in [2.24, 2.45) is 5.73 Å². The zero-order chi connectivity index (χ0) is 11.3. The van der Waals surface area contributed by atoms with Gasteiger partial charge in [0.15, 0.2) is 0 Å². The van der Waals surface area contributed by atoms with Gasteiger partial charge in [-0.3, -0.25) is 0 Å². The third-order valence-electron chi connectivity index (χ3n) is 2.40. The first-order chi connectivity index (χ1) is 7.13. The molecule has 0 amide bonds. The molecule has 2 N–H and O–H groups in total. The third kappa shape index (κ3) is 4.02. The van der Waals surface area contributed by atoms with Crippen LogP contribution in [0.2, 0.25) is 0 Å². The van der Waals surface area contributed by atoms with Crippen molar-refractivity contribution >= 4 is 0 Å². The summed E-state index contributed by atoms with van der Waals surface area (Å²) >= 11 is 0. The maximum Gasteiger partial charge on any atom is 0.0662 e. The lowest BCUT2D eigenvalue weighted by molar-refractivity contribution is 0.0683. The Morgan fingerprint density at radius 1 is 1.33 bits per heavy atom. The van der Waals surface area contributed by atoms with E-state index in [1.807, 2.05) is 13.8 Å². The van der Waals surface area contributed by atoms with Gasteiger partial charge in [0.25, 0.3) is 0 Å². The number of aryl methyl sites for hydroxylation is 1. The molecule has 0 bridgehead atoms. The Bertz CT molecular complexity index is 296. The number of hydrogen-bond donors (Lipinski definition) is 1. The first-order valence-corrected chi connectivity index (χ1v) is 5.59. The Kier molecular flexibility index (Phi) is 4.79. The van der Waals surface area contributed by atoms with Crippen LogP contribution >= 0.6 is 0 Å². The molecule has 2 heteroatoms. The van der Waals surface area contributed by atoms with E-state index in [-0.39, 0.29) is 12.1 Å². The largest absolute Gasteiger partial charge is 0.377 e. The lowest BCUT2D eigenvalue weighted by atomic mass is 10.0. The Labute approximate surface area is 92.4 Å². The van der Waals surface area contributed by atoms with Crippen LogP contribution in [0.25, 0.3) is 0 Å². The molecule has 1 unspecified atom stereocenters. The summed E-state index contributed by atoms with van der Waals surface area (Å²) in [6, 6.07) is 8.39. The van der Waals surface area contributed by atoms with Crippen LogP contribution in [0, 0.1) is 0 Å². The van der Waals surface area contributed by atoms with Gasteiger partial charge in [-0.05, 0) is 31.4 Å². The molecule has 0 aliphatic heterocycles. The van der Waals surface area contributed by atoms with Crippen molar-refractivity contribution in [1.82, 2.24) is 0 Å². The predicted octanol–water partition coefficient (Wildman–Crippen LogP) is 2.67. The molecule has 2 nitrogen and oxygen atoms in total. The molecule has 0 aromatic heterocycles. The molecule has 1 aromatic carbocycles. The first-order valence-electron chi connectivity index (χ1n) is 5.59. The van der Waals surface area contributed by atoms with Gasteiger partial charge >= 0.3 is 0 Å². The molecule has 0 heterocycles. The van der Waals surface area contributed by atoms with E-state index < -0.39 is 0 Å². The SMILES string of the molecule is CCc1cccc(C(N)COC(C)C)c1. The highest BCUT2D eigenvalue weighted by atomic mass is 16.5. The summed E-state index contributed by atoms with van der Waals surface area (Å²) in [5.41, 5.74) is 8.53. The Morgan fingerprint density at radius 2 is 2.07 bits per heavy atom. The van der Waals surface area contributed by atoms with Crippen molar-refractivity contribution < 1.29 is 4.74 Å². The highest BCUT2D eigenvalue weighted by molar-refractivity contribution is 5.25. The summed E-state index contributed by atoms with van der Waals surface area (Å²) in [6.45, 7) is 6.78. The van der Waals surface area contributed by atoms with E-state index >= 15 is 0 Å². The number of benzene rings is 1. The van der Waals surface area contributed by atoms with Crippen molar-refractivity contribution in [3.63, 3.8) is 0 Å². The van der Waals surface area contributed by atoms with Crippen LogP contribution in [-0.2, 0) is 11.2 Å². The molecule has 1 atom stereocenters. The van der Waals surface area contributed by atoms with Gasteiger partial charge in [-0.1, -0.05) is 31.2 Å². The zero-order valence-corrected chi connectivity index (χ0v) is 9.86. The number of hydrogen-bond acceptors (Lipinski definition) is 2. The van der Waals surface area contributed by atoms with Crippen molar-refractivity contribution in [3.8, 4) is 0 Å². The Morgan fingerprint density at radius 3 is 2.67 bits per heavy atom. The second-order valence-corrected chi connectivity index (χ2v) is 4.09. The number of nitrogens with two attached hydrogens (primary N) is 1. The summed E-state index contributed by atoms with van der Waals surface area (Å²) in [5.74, 6) is 0. The van der Waals surface area contributed by atoms with Crippen LogP contribution in [0.4, 0.5) is 0 Å². The fraction of sp³-hybridized carbons (Fsp3) is 0.538. The molecule has 0 spiro atoms. The van der Waals surface area contributed by atoms with Gasteiger partial charge < -0.3 is 10.5 Å². The second kappa shape index (κ2) is 5.89. The summed E-state index contributed by atoms with van der Waals surface area (Å²) in [4.78, 5) is 0. The minimum absolute atomic E-state index is 0.0149. The molecule has 1 aromatic rings. The Balaban J connectivity index is 2.60. The average Bonchev–Trinajstić information content (AvgIpc) is 2.26. The normalized spacial score (nSPS) is 13.1. The molecule has 0 aliphatic carbocycles. The molecule has 0 saturated carbocycles. The number of ether oxygens (including phenoxy) is 1. The molecule has 1 rings (SSSR count). The highest BCUT2D eigenvalue weighted by Gasteiger charge is 2.07. The molecule has 0 aliphatic rings. The van der Waals surface area contributed by atoms with E-state index in [4.69, 9.17) is 10.5 Å². The second-order valence-electron chi connectivity index (χ2n) is 4.09. The van der Waals surface area contributed by atoms with Crippen LogP contribution in [0.5, 0.6) is 0 Å². The van der Waals surface area contributed by atoms with E-state index in [9.17, 15) is 0 Å². The maximum atomic E-state index is 6.04. The summed E-state index contributed by atoms with van der Waals surface area (Å²) < 4.78 is 5.51. The summed E-state index contributed by atoms with van der Waals surface area (Å²) in [7, 11) is 0. The van der Waals surface area contributed by atoms with E-state index in [0.29, 0.717) is 6.61 Å². The minimum atomic E-state index is -0.0149. The van der Waals surface area contributed by atoms with Crippen molar-refractivity contribution in [2.45, 2.75) is 39.3 Å². The minimum Gasteiger partial charge on any atom is -0.377 e. The zero-order valence-electron chi connectivity index (χ0n) is 9.86. The lowest BCUT2D eigenvalue weighted by Gasteiger charge is -2.15. The van der Waals surface area contributed by atoms with Gasteiger partial charge in [0, 0.05) is 0 Å². The van der Waals surface area contributed by atoms with Gasteiger partial charge in [-0.2, -0.15) is 0 Å². The maximum absolute atomic E-state index is 6.04. The highest BCUT2D eigenvalue weighted by Crippen LogP contribution is 2.13. The van der Waals surface area contributed by atoms with Gasteiger partial charge in [0.1, 0.15) is 0 Å². The average molecular weight is 207 g/mol. The van der Waals surface area contributed by atoms with E-state index in [1.54, 1.807) is 0 Å². The smallest absolute Gasteiger partial charge is 0.0662 e. The van der Waals surface area contributed by atoms with Crippen LogP contribution in [0.3, 0.4) is 0 Å². The summed E-state index contributed by atoms with van der Waals surface area (Å²) in [5, 5.41) is 0. The molecule has 0 radical (unpaired) electrons. The van der Waals surface area contributed by atoms with Gasteiger partial charge in [0.2, 0.25) is 0 Å². The van der Waals surface area contributed by atoms with E-state index in [0.717, 1.165) is 12.0 Å². The monoisotopic (exact) mass is 207 g/mol. The van der Waals surface area contributed by atoms with Crippen LogP contribution in [-0.4, -0.2) is 12.7 Å². The van der Waals surface area contributed by atoms with Gasteiger partial charge in [-0.25, -0.2) is 0 Å².